The molecule has 0 aromatic heterocycles. The average molecular weight is 185 g/mol. The highest BCUT2D eigenvalue weighted by molar-refractivity contribution is 6.04. The summed E-state index contributed by atoms with van der Waals surface area (Å²) < 4.78 is 0. The number of carbonyl (C=O) groups is 3. The average Bonchev–Trinajstić information content (AvgIpc) is 2.04. The first-order valence-corrected chi connectivity index (χ1v) is 4.44. The third kappa shape index (κ3) is 6.02. The third-order valence-electron chi connectivity index (χ3n) is 1.51. The maximum absolute atomic E-state index is 10.9. The van der Waals surface area contributed by atoms with Crippen molar-refractivity contribution in [3.05, 3.63) is 0 Å². The van der Waals surface area contributed by atoms with Crippen molar-refractivity contribution in [2.75, 3.05) is 0 Å². The summed E-state index contributed by atoms with van der Waals surface area (Å²) in [5.41, 5.74) is 0. The van der Waals surface area contributed by atoms with Gasteiger partial charge < -0.3 is 0 Å². The van der Waals surface area contributed by atoms with Crippen molar-refractivity contribution in [1.82, 2.24) is 5.32 Å². The summed E-state index contributed by atoms with van der Waals surface area (Å²) in [6, 6.07) is 0. The predicted octanol–water partition coefficient (Wildman–Crippen LogP) is 0.798. The predicted molar refractivity (Wildman–Crippen MR) is 48.0 cm³/mol. The Bertz CT molecular complexity index is 211. The van der Waals surface area contributed by atoms with Crippen LogP contribution in [0.4, 0.5) is 0 Å². The Hall–Kier alpha value is -1.19. The molecule has 0 heterocycles. The van der Waals surface area contributed by atoms with Crippen LogP contribution >= 0.6 is 0 Å². The lowest BCUT2D eigenvalue weighted by molar-refractivity contribution is -0.132. The molecule has 0 fully saturated rings. The van der Waals surface area contributed by atoms with Crippen molar-refractivity contribution >= 4 is 17.6 Å². The number of hydrogen-bond acceptors (Lipinski definition) is 3. The minimum atomic E-state index is -0.495. The van der Waals surface area contributed by atoms with Gasteiger partial charge in [0, 0.05) is 12.8 Å². The summed E-state index contributed by atoms with van der Waals surface area (Å²) in [5.74, 6) is -0.955. The number of Topliss-reactive ketones (excluding diaryl/α,β-unsaturated/α-hetero) is 1. The third-order valence-corrected chi connectivity index (χ3v) is 1.51. The zero-order chi connectivity index (χ0) is 10.3. The van der Waals surface area contributed by atoms with E-state index in [9.17, 15) is 14.4 Å². The van der Waals surface area contributed by atoms with E-state index in [2.05, 4.69) is 5.32 Å². The van der Waals surface area contributed by atoms with Gasteiger partial charge in [-0.05, 0) is 6.42 Å². The lowest BCUT2D eigenvalue weighted by atomic mass is 10.2. The Balaban J connectivity index is 3.74. The standard InChI is InChI=1S/C9H15NO3/c1-3-5-8(12)10-9(13)6-7(11)4-2/h3-6H2,1-2H3,(H,10,12,13). The number of imide groups is 1. The number of nitrogens with one attached hydrogen (secondary N) is 1. The molecule has 0 aliphatic carbocycles. The molecule has 0 saturated carbocycles. The minimum absolute atomic E-state index is 0.151. The molecule has 0 saturated heterocycles. The Labute approximate surface area is 77.7 Å². The summed E-state index contributed by atoms with van der Waals surface area (Å²) in [6.07, 6.45) is 1.16. The van der Waals surface area contributed by atoms with Crippen LogP contribution < -0.4 is 5.32 Å². The second-order valence-electron chi connectivity index (χ2n) is 2.79. The maximum Gasteiger partial charge on any atom is 0.233 e. The van der Waals surface area contributed by atoms with Crippen molar-refractivity contribution < 1.29 is 14.4 Å². The van der Waals surface area contributed by atoms with Gasteiger partial charge in [-0.25, -0.2) is 0 Å². The van der Waals surface area contributed by atoms with Crippen molar-refractivity contribution in [2.24, 2.45) is 0 Å². The minimum Gasteiger partial charge on any atom is -0.299 e. The molecule has 0 radical (unpaired) electrons. The molecule has 4 nitrogen and oxygen atoms in total. The fourth-order valence-electron chi connectivity index (χ4n) is 0.793. The lowest BCUT2D eigenvalue weighted by Gasteiger charge is -2.00. The molecule has 0 aromatic rings. The van der Waals surface area contributed by atoms with Gasteiger partial charge in [0.25, 0.3) is 0 Å². The molecule has 13 heavy (non-hydrogen) atoms. The van der Waals surface area contributed by atoms with E-state index in [1.54, 1.807) is 6.92 Å². The van der Waals surface area contributed by atoms with Crippen LogP contribution in [0.3, 0.4) is 0 Å². The molecule has 0 bridgehead atoms. The topological polar surface area (TPSA) is 63.2 Å². The van der Waals surface area contributed by atoms with Crippen LogP contribution in [0.5, 0.6) is 0 Å². The van der Waals surface area contributed by atoms with Crippen LogP contribution in [-0.2, 0) is 14.4 Å². The lowest BCUT2D eigenvalue weighted by Crippen LogP contribution is -2.31. The van der Waals surface area contributed by atoms with Gasteiger partial charge in [0.1, 0.15) is 5.78 Å². The van der Waals surface area contributed by atoms with Crippen molar-refractivity contribution in [3.8, 4) is 0 Å². The molecule has 1 N–H and O–H groups in total. The Morgan fingerprint density at radius 2 is 1.69 bits per heavy atom. The molecule has 0 spiro atoms. The second-order valence-corrected chi connectivity index (χ2v) is 2.79. The van der Waals surface area contributed by atoms with Gasteiger partial charge >= 0.3 is 0 Å². The second kappa shape index (κ2) is 6.34. The van der Waals surface area contributed by atoms with E-state index in [-0.39, 0.29) is 18.1 Å². The summed E-state index contributed by atoms with van der Waals surface area (Å²) in [6.45, 7) is 3.53. The Morgan fingerprint density at radius 1 is 1.08 bits per heavy atom. The normalized spacial score (nSPS) is 9.38. The van der Waals surface area contributed by atoms with Gasteiger partial charge in [-0.3, -0.25) is 19.7 Å². The molecule has 0 aliphatic heterocycles. The van der Waals surface area contributed by atoms with Crippen LogP contribution in [-0.4, -0.2) is 17.6 Å². The van der Waals surface area contributed by atoms with Crippen molar-refractivity contribution in [3.63, 3.8) is 0 Å². The van der Waals surface area contributed by atoms with Crippen LogP contribution in [0.2, 0.25) is 0 Å². The molecule has 0 aliphatic rings. The maximum atomic E-state index is 10.9. The first kappa shape index (κ1) is 11.8. The summed E-state index contributed by atoms with van der Waals surface area (Å²) in [4.78, 5) is 32.6. The molecule has 0 aromatic carbocycles. The Kier molecular flexibility index (Phi) is 5.76. The van der Waals surface area contributed by atoms with Gasteiger partial charge in [-0.15, -0.1) is 0 Å². The summed E-state index contributed by atoms with van der Waals surface area (Å²) >= 11 is 0. The first-order valence-electron chi connectivity index (χ1n) is 4.44. The smallest absolute Gasteiger partial charge is 0.233 e. The van der Waals surface area contributed by atoms with E-state index in [1.165, 1.54) is 0 Å². The molecular weight excluding hydrogens is 170 g/mol. The van der Waals surface area contributed by atoms with Gasteiger partial charge in [-0.1, -0.05) is 13.8 Å². The van der Waals surface area contributed by atoms with Gasteiger partial charge in [-0.2, -0.15) is 0 Å². The molecule has 0 rings (SSSR count). The fraction of sp³-hybridized carbons (Fsp3) is 0.667. The number of rotatable bonds is 5. The highest BCUT2D eigenvalue weighted by Crippen LogP contribution is 1.90. The van der Waals surface area contributed by atoms with E-state index in [4.69, 9.17) is 0 Å². The monoisotopic (exact) mass is 185 g/mol. The number of ketones is 1. The largest absolute Gasteiger partial charge is 0.299 e. The first-order chi connectivity index (χ1) is 6.10. The SMILES string of the molecule is CCCC(=O)NC(=O)CC(=O)CC. The van der Waals surface area contributed by atoms with Crippen LogP contribution in [0.15, 0.2) is 0 Å². The molecule has 4 heteroatoms. The van der Waals surface area contributed by atoms with Crippen molar-refractivity contribution in [2.45, 2.75) is 39.5 Å². The summed E-state index contributed by atoms with van der Waals surface area (Å²) in [7, 11) is 0. The van der Waals surface area contributed by atoms with Gasteiger partial charge in [0.2, 0.25) is 11.8 Å². The fourth-order valence-corrected chi connectivity index (χ4v) is 0.793. The quantitative estimate of drug-likeness (QED) is 0.644. The van der Waals surface area contributed by atoms with Crippen LogP contribution in [0.25, 0.3) is 0 Å². The number of carbonyl (C=O) groups excluding carboxylic acids is 3. The van der Waals surface area contributed by atoms with E-state index < -0.39 is 5.91 Å². The van der Waals surface area contributed by atoms with Crippen LogP contribution in [0.1, 0.15) is 39.5 Å². The van der Waals surface area contributed by atoms with Crippen LogP contribution in [0, 0.1) is 0 Å². The van der Waals surface area contributed by atoms with E-state index >= 15 is 0 Å². The highest BCUT2D eigenvalue weighted by Gasteiger charge is 2.09. The molecule has 74 valence electrons. The molecule has 2 amide bonds. The zero-order valence-electron chi connectivity index (χ0n) is 8.05. The molecule has 0 unspecified atom stereocenters. The van der Waals surface area contributed by atoms with E-state index in [1.807, 2.05) is 6.92 Å². The van der Waals surface area contributed by atoms with E-state index in [0.717, 1.165) is 0 Å². The van der Waals surface area contributed by atoms with Gasteiger partial charge in [0.05, 0.1) is 6.42 Å². The van der Waals surface area contributed by atoms with Crippen molar-refractivity contribution in [1.29, 1.82) is 0 Å². The summed E-state index contributed by atoms with van der Waals surface area (Å²) in [5, 5.41) is 2.15. The highest BCUT2D eigenvalue weighted by atomic mass is 16.2. The zero-order valence-corrected chi connectivity index (χ0v) is 8.05. The Morgan fingerprint density at radius 3 is 2.15 bits per heavy atom. The molecule has 0 atom stereocenters. The number of hydrogen-bond donors (Lipinski definition) is 1. The number of amides is 2. The van der Waals surface area contributed by atoms with E-state index in [0.29, 0.717) is 19.3 Å². The van der Waals surface area contributed by atoms with Gasteiger partial charge in [0.15, 0.2) is 0 Å². The molecular formula is C9H15NO3.